The van der Waals surface area contributed by atoms with Crippen molar-refractivity contribution >= 4 is 0 Å². The second-order valence-electron chi connectivity index (χ2n) is 11.5. The molecule has 5 nitrogen and oxygen atoms in total. The van der Waals surface area contributed by atoms with Gasteiger partial charge in [-0.1, -0.05) is 146 Å². The molecule has 0 aliphatic carbocycles. The third kappa shape index (κ3) is 13.3. The van der Waals surface area contributed by atoms with Gasteiger partial charge in [0, 0.05) is 12.3 Å². The van der Waals surface area contributed by atoms with Crippen molar-refractivity contribution in [3.8, 4) is 11.5 Å². The maximum Gasteiger partial charge on any atom is 0.223 e. The molecule has 0 fully saturated rings. The van der Waals surface area contributed by atoms with Crippen molar-refractivity contribution in [1.29, 1.82) is 0 Å². The first-order valence-electron chi connectivity index (χ1n) is 16.5. The zero-order valence-electron chi connectivity index (χ0n) is 25.8. The number of unbranched alkanes of at least 4 members (excludes halogenated alkanes) is 15. The SMILES string of the molecule is CCCCCCCCCCCCCCCCCCOc1c[nH]c(C(O)c2ccc(OCc3ccccc3)cc2)cc1=O. The minimum Gasteiger partial charge on any atom is -0.489 e. The highest BCUT2D eigenvalue weighted by Gasteiger charge is 2.13. The highest BCUT2D eigenvalue weighted by atomic mass is 16.5. The number of hydrogen-bond acceptors (Lipinski definition) is 4. The van der Waals surface area contributed by atoms with Gasteiger partial charge in [-0.15, -0.1) is 0 Å². The van der Waals surface area contributed by atoms with Crippen LogP contribution in [0.4, 0.5) is 0 Å². The molecule has 0 amide bonds. The maximum absolute atomic E-state index is 12.6. The zero-order chi connectivity index (χ0) is 29.7. The van der Waals surface area contributed by atoms with Gasteiger partial charge in [0.15, 0.2) is 5.75 Å². The number of nitrogens with one attached hydrogen (secondary N) is 1. The largest absolute Gasteiger partial charge is 0.489 e. The second-order valence-corrected chi connectivity index (χ2v) is 11.5. The van der Waals surface area contributed by atoms with Crippen LogP contribution in [-0.2, 0) is 6.61 Å². The highest BCUT2D eigenvalue weighted by molar-refractivity contribution is 5.33. The van der Waals surface area contributed by atoms with Gasteiger partial charge < -0.3 is 19.6 Å². The molecule has 3 aromatic rings. The van der Waals surface area contributed by atoms with Crippen LogP contribution in [0.5, 0.6) is 11.5 Å². The molecule has 3 rings (SSSR count). The molecule has 0 radical (unpaired) electrons. The smallest absolute Gasteiger partial charge is 0.223 e. The third-order valence-corrected chi connectivity index (χ3v) is 7.89. The van der Waals surface area contributed by atoms with E-state index in [1.807, 2.05) is 54.6 Å². The van der Waals surface area contributed by atoms with E-state index >= 15 is 0 Å². The van der Waals surface area contributed by atoms with Gasteiger partial charge in [0.25, 0.3) is 0 Å². The summed E-state index contributed by atoms with van der Waals surface area (Å²) in [5.74, 6) is 1.03. The summed E-state index contributed by atoms with van der Waals surface area (Å²) in [7, 11) is 0. The monoisotopic (exact) mass is 575 g/mol. The molecule has 0 aliphatic rings. The van der Waals surface area contributed by atoms with E-state index in [-0.39, 0.29) is 5.43 Å². The topological polar surface area (TPSA) is 71.6 Å². The fraction of sp³-hybridized carbons (Fsp3) is 0.541. The van der Waals surface area contributed by atoms with Crippen LogP contribution in [0.25, 0.3) is 0 Å². The normalized spacial score (nSPS) is 11.9. The third-order valence-electron chi connectivity index (χ3n) is 7.89. The molecule has 2 N–H and O–H groups in total. The molecule has 0 bridgehead atoms. The average Bonchev–Trinajstić information content (AvgIpc) is 3.02. The fourth-order valence-electron chi connectivity index (χ4n) is 5.24. The van der Waals surface area contributed by atoms with Crippen LogP contribution in [0.1, 0.15) is 133 Å². The first kappa shape index (κ1) is 33.5. The van der Waals surface area contributed by atoms with Crippen molar-refractivity contribution in [2.45, 2.75) is 122 Å². The van der Waals surface area contributed by atoms with Crippen molar-refractivity contribution < 1.29 is 14.6 Å². The number of aromatic amines is 1. The van der Waals surface area contributed by atoms with E-state index in [1.165, 1.54) is 96.0 Å². The molecule has 2 aromatic carbocycles. The Morgan fingerprint density at radius 3 is 1.79 bits per heavy atom. The predicted octanol–water partition coefficient (Wildman–Crippen LogP) is 9.68. The Morgan fingerprint density at radius 1 is 0.690 bits per heavy atom. The van der Waals surface area contributed by atoms with Crippen molar-refractivity contribution in [3.05, 3.63) is 93.9 Å². The molecular formula is C37H53NO4. The fourth-order valence-corrected chi connectivity index (χ4v) is 5.24. The van der Waals surface area contributed by atoms with E-state index in [0.29, 0.717) is 30.2 Å². The number of H-pyrrole nitrogens is 1. The number of hydrogen-bond donors (Lipinski definition) is 2. The molecule has 230 valence electrons. The van der Waals surface area contributed by atoms with E-state index in [4.69, 9.17) is 9.47 Å². The number of aromatic nitrogens is 1. The molecule has 0 spiro atoms. The summed E-state index contributed by atoms with van der Waals surface area (Å²) in [6, 6.07) is 18.7. The van der Waals surface area contributed by atoms with Crippen LogP contribution < -0.4 is 14.9 Å². The van der Waals surface area contributed by atoms with Gasteiger partial charge in [-0.3, -0.25) is 4.79 Å². The van der Waals surface area contributed by atoms with Crippen molar-refractivity contribution in [2.75, 3.05) is 6.61 Å². The minimum absolute atomic E-state index is 0.220. The van der Waals surface area contributed by atoms with Crippen LogP contribution in [0.2, 0.25) is 0 Å². The summed E-state index contributed by atoms with van der Waals surface area (Å²) >= 11 is 0. The van der Waals surface area contributed by atoms with Crippen molar-refractivity contribution in [3.63, 3.8) is 0 Å². The summed E-state index contributed by atoms with van der Waals surface area (Å²) in [5, 5.41) is 10.8. The second kappa shape index (κ2) is 20.8. The number of rotatable bonds is 23. The van der Waals surface area contributed by atoms with Gasteiger partial charge in [0.2, 0.25) is 5.43 Å². The molecule has 1 atom stereocenters. The molecule has 1 heterocycles. The van der Waals surface area contributed by atoms with Crippen LogP contribution >= 0.6 is 0 Å². The predicted molar refractivity (Wildman–Crippen MR) is 173 cm³/mol. The lowest BCUT2D eigenvalue weighted by Gasteiger charge is -2.13. The summed E-state index contributed by atoms with van der Waals surface area (Å²) < 4.78 is 11.6. The molecule has 0 saturated heterocycles. The first-order chi connectivity index (χ1) is 20.7. The number of pyridine rings is 1. The lowest BCUT2D eigenvalue weighted by molar-refractivity contribution is 0.214. The Bertz CT molecular complexity index is 1140. The average molecular weight is 576 g/mol. The highest BCUT2D eigenvalue weighted by Crippen LogP contribution is 2.23. The molecule has 0 aliphatic heterocycles. The van der Waals surface area contributed by atoms with E-state index in [1.54, 1.807) is 6.20 Å². The van der Waals surface area contributed by atoms with Crippen LogP contribution in [0.3, 0.4) is 0 Å². The van der Waals surface area contributed by atoms with Gasteiger partial charge in [0.05, 0.1) is 12.3 Å². The first-order valence-corrected chi connectivity index (χ1v) is 16.5. The summed E-state index contributed by atoms with van der Waals surface area (Å²) in [4.78, 5) is 15.6. The lowest BCUT2D eigenvalue weighted by Crippen LogP contribution is -2.13. The molecule has 1 unspecified atom stereocenters. The quantitative estimate of drug-likeness (QED) is 0.110. The van der Waals surface area contributed by atoms with Gasteiger partial charge in [-0.25, -0.2) is 0 Å². The Hall–Kier alpha value is -3.05. The summed E-state index contributed by atoms with van der Waals surface area (Å²) in [6.07, 6.45) is 21.9. The maximum atomic E-state index is 12.6. The lowest BCUT2D eigenvalue weighted by atomic mass is 10.0. The Morgan fingerprint density at radius 2 is 1.24 bits per heavy atom. The van der Waals surface area contributed by atoms with Crippen molar-refractivity contribution in [2.24, 2.45) is 0 Å². The van der Waals surface area contributed by atoms with E-state index < -0.39 is 6.10 Å². The van der Waals surface area contributed by atoms with E-state index in [9.17, 15) is 9.90 Å². The van der Waals surface area contributed by atoms with Crippen LogP contribution in [0.15, 0.2) is 71.7 Å². The Kier molecular flexibility index (Phi) is 16.5. The van der Waals surface area contributed by atoms with E-state index in [0.717, 1.165) is 24.2 Å². The number of ether oxygens (including phenoxy) is 2. The minimum atomic E-state index is -0.935. The van der Waals surface area contributed by atoms with Gasteiger partial charge in [-0.05, 0) is 29.7 Å². The molecule has 42 heavy (non-hydrogen) atoms. The Balaban J connectivity index is 1.23. The number of aliphatic hydroxyl groups is 1. The molecular weight excluding hydrogens is 522 g/mol. The van der Waals surface area contributed by atoms with Gasteiger partial charge in [-0.2, -0.15) is 0 Å². The van der Waals surface area contributed by atoms with Gasteiger partial charge in [0.1, 0.15) is 18.5 Å². The standard InChI is InChI=1S/C37H53NO4/c1-2-3-4-5-6-7-8-9-10-11-12-13-14-15-16-20-27-41-36-29-38-34(28-35(36)39)37(40)32-23-25-33(26-24-32)42-30-31-21-18-17-19-22-31/h17-19,21-26,28-29,37,40H,2-16,20,27,30H2,1H3,(H,38,39). The Labute approximate surface area is 253 Å². The molecule has 0 saturated carbocycles. The van der Waals surface area contributed by atoms with Crippen LogP contribution in [-0.4, -0.2) is 16.7 Å². The van der Waals surface area contributed by atoms with Crippen molar-refractivity contribution in [1.82, 2.24) is 4.98 Å². The molecule has 1 aromatic heterocycles. The van der Waals surface area contributed by atoms with Crippen LogP contribution in [0, 0.1) is 0 Å². The van der Waals surface area contributed by atoms with Gasteiger partial charge >= 0.3 is 0 Å². The summed E-state index contributed by atoms with van der Waals surface area (Å²) in [5.41, 5.74) is 1.99. The number of benzene rings is 2. The zero-order valence-corrected chi connectivity index (χ0v) is 25.8. The molecule has 5 heteroatoms. The summed E-state index contributed by atoms with van der Waals surface area (Å²) in [6.45, 7) is 3.30. The number of aliphatic hydroxyl groups excluding tert-OH is 1. The van der Waals surface area contributed by atoms with E-state index in [2.05, 4.69) is 11.9 Å².